The van der Waals surface area contributed by atoms with Crippen LogP contribution in [0.25, 0.3) is 0 Å². The number of nitrogens with one attached hydrogen (secondary N) is 2. The Hall–Kier alpha value is -5.43. The normalized spacial score (nSPS) is 17.1. The standard InChI is InChI=1S/C45H50ClN6O8P/c1-59-37-26-32(14-13-29(37)25-39-47-27-34(46)35(49-39)24-30-8-4-5-12-38(30)61(2,3)58)51-20-17-31(18-21-51)48-41(54)19-23-60-22-7-10-28-9-6-11-33-42(28)45(57)52(44(33)56)36-15-16-40(53)50-43(36)55/h4-6,8-9,11-14,26-27,31,36H,7,10,15-25H2,1-3H3,(H,48,54)(H,50,53,55). The molecule has 1 aromatic heterocycles. The van der Waals surface area contributed by atoms with Gasteiger partial charge >= 0.3 is 0 Å². The average molecular weight is 869 g/mol. The molecule has 3 aliphatic heterocycles. The van der Waals surface area contributed by atoms with Crippen LogP contribution < -0.4 is 25.6 Å². The van der Waals surface area contributed by atoms with Crippen LogP contribution in [-0.4, -0.2) is 103 Å². The Morgan fingerprint density at radius 2 is 1.70 bits per heavy atom. The van der Waals surface area contributed by atoms with Gasteiger partial charge in [0.2, 0.25) is 17.7 Å². The van der Waals surface area contributed by atoms with E-state index in [0.717, 1.165) is 58.7 Å². The molecule has 16 heteroatoms. The summed E-state index contributed by atoms with van der Waals surface area (Å²) >= 11 is 6.54. The molecule has 5 amide bonds. The minimum atomic E-state index is -2.49. The number of benzene rings is 3. The van der Waals surface area contributed by atoms with Crippen molar-refractivity contribution in [3.63, 3.8) is 0 Å². The molecule has 320 valence electrons. The van der Waals surface area contributed by atoms with E-state index in [9.17, 15) is 28.5 Å². The van der Waals surface area contributed by atoms with Crippen LogP contribution in [0.2, 0.25) is 5.02 Å². The highest BCUT2D eigenvalue weighted by Gasteiger charge is 2.45. The first-order valence-electron chi connectivity index (χ1n) is 20.6. The second-order valence-corrected chi connectivity index (χ2v) is 19.6. The maximum Gasteiger partial charge on any atom is 0.262 e. The molecule has 0 aliphatic carbocycles. The molecule has 3 aliphatic rings. The minimum absolute atomic E-state index is 0.0508. The van der Waals surface area contributed by atoms with Crippen LogP contribution in [0.5, 0.6) is 5.75 Å². The van der Waals surface area contributed by atoms with E-state index in [0.29, 0.717) is 60.0 Å². The van der Waals surface area contributed by atoms with E-state index in [1.807, 2.05) is 36.4 Å². The number of hydrogen-bond acceptors (Lipinski definition) is 11. The maximum absolute atomic E-state index is 13.3. The van der Waals surface area contributed by atoms with Gasteiger partial charge in [-0.15, -0.1) is 0 Å². The lowest BCUT2D eigenvalue weighted by atomic mass is 9.99. The fraction of sp³-hybridized carbons (Fsp3) is 0.400. The molecule has 61 heavy (non-hydrogen) atoms. The van der Waals surface area contributed by atoms with Crippen molar-refractivity contribution in [1.82, 2.24) is 25.5 Å². The Kier molecular flexibility index (Phi) is 13.7. The lowest BCUT2D eigenvalue weighted by Crippen LogP contribution is -2.54. The number of anilines is 1. The zero-order chi connectivity index (χ0) is 43.3. The number of rotatable bonds is 16. The number of aromatic nitrogens is 2. The number of imide groups is 2. The SMILES string of the molecule is COc1cc(N2CCC(NC(=O)CCOCCCc3cccc4c3C(=O)N(C3CCC(=O)NC3=O)C4=O)CC2)ccc1Cc1ncc(Cl)c(Cc2ccccc2P(C)(C)=O)n1. The van der Waals surface area contributed by atoms with Gasteiger partial charge in [-0.3, -0.25) is 34.2 Å². The summed E-state index contributed by atoms with van der Waals surface area (Å²) in [4.78, 5) is 75.8. The molecule has 0 saturated carbocycles. The third kappa shape index (κ3) is 10.2. The van der Waals surface area contributed by atoms with Crippen LogP contribution in [0.15, 0.2) is 66.9 Å². The van der Waals surface area contributed by atoms with Gasteiger partial charge in [0.1, 0.15) is 24.8 Å². The summed E-state index contributed by atoms with van der Waals surface area (Å²) in [5.74, 6) is -0.853. The number of carbonyl (C=O) groups is 5. The van der Waals surface area contributed by atoms with Gasteiger partial charge in [0.25, 0.3) is 11.8 Å². The topological polar surface area (TPSA) is 177 Å². The Morgan fingerprint density at radius 1 is 0.934 bits per heavy atom. The molecule has 3 aromatic carbocycles. The Morgan fingerprint density at radius 3 is 2.46 bits per heavy atom. The molecule has 7 rings (SSSR count). The quantitative estimate of drug-likeness (QED) is 0.0871. The molecule has 2 fully saturated rings. The Bertz CT molecular complexity index is 2400. The van der Waals surface area contributed by atoms with Crippen molar-refractivity contribution in [1.29, 1.82) is 0 Å². The number of carbonyl (C=O) groups excluding carboxylic acids is 5. The number of hydrogen-bond donors (Lipinski definition) is 2. The van der Waals surface area contributed by atoms with Crippen molar-refractivity contribution >= 4 is 59.3 Å². The molecule has 14 nitrogen and oxygen atoms in total. The van der Waals surface area contributed by atoms with Crippen molar-refractivity contribution in [2.24, 2.45) is 0 Å². The predicted octanol–water partition coefficient (Wildman–Crippen LogP) is 5.09. The van der Waals surface area contributed by atoms with Gasteiger partial charge in [-0.1, -0.05) is 54.1 Å². The minimum Gasteiger partial charge on any atom is -0.496 e. The fourth-order valence-corrected chi connectivity index (χ4v) is 9.72. The third-order valence-corrected chi connectivity index (χ3v) is 13.3. The van der Waals surface area contributed by atoms with Gasteiger partial charge in [0.05, 0.1) is 35.6 Å². The van der Waals surface area contributed by atoms with Crippen LogP contribution in [-0.2, 0) is 42.9 Å². The first-order chi connectivity index (χ1) is 29.3. The number of nitrogens with zero attached hydrogens (tertiary/aromatic N) is 4. The largest absolute Gasteiger partial charge is 0.496 e. The van der Waals surface area contributed by atoms with Crippen LogP contribution in [0.3, 0.4) is 0 Å². The first-order valence-corrected chi connectivity index (χ1v) is 23.5. The van der Waals surface area contributed by atoms with Gasteiger partial charge in [-0.25, -0.2) is 9.97 Å². The lowest BCUT2D eigenvalue weighted by Gasteiger charge is -2.34. The molecule has 2 N–H and O–H groups in total. The highest BCUT2D eigenvalue weighted by atomic mass is 35.5. The maximum atomic E-state index is 13.3. The number of aryl methyl sites for hydroxylation is 1. The monoisotopic (exact) mass is 868 g/mol. The summed E-state index contributed by atoms with van der Waals surface area (Å²) in [5, 5.41) is 6.64. The summed E-state index contributed by atoms with van der Waals surface area (Å²) in [6.07, 6.45) is 5.51. The third-order valence-electron chi connectivity index (χ3n) is 11.4. The average Bonchev–Trinajstić information content (AvgIpc) is 3.49. The molecule has 2 saturated heterocycles. The number of halogens is 1. The van der Waals surface area contributed by atoms with E-state index in [-0.39, 0.29) is 43.4 Å². The summed E-state index contributed by atoms with van der Waals surface area (Å²) in [7, 11) is -0.847. The Labute approximate surface area is 360 Å². The molecule has 0 spiro atoms. The number of ether oxygens (including phenoxy) is 2. The van der Waals surface area contributed by atoms with Crippen molar-refractivity contribution in [2.75, 3.05) is 51.6 Å². The van der Waals surface area contributed by atoms with Crippen LogP contribution >= 0.6 is 18.7 Å². The summed E-state index contributed by atoms with van der Waals surface area (Å²) in [5.41, 5.74) is 4.81. The van der Waals surface area contributed by atoms with E-state index in [1.165, 1.54) is 0 Å². The van der Waals surface area contributed by atoms with Gasteiger partial charge in [-0.2, -0.15) is 0 Å². The van der Waals surface area contributed by atoms with Crippen LogP contribution in [0, 0.1) is 0 Å². The second kappa shape index (κ2) is 19.1. The molecule has 4 aromatic rings. The molecule has 4 heterocycles. The first kappa shape index (κ1) is 43.7. The molecule has 0 bridgehead atoms. The summed E-state index contributed by atoms with van der Waals surface area (Å²) in [6, 6.07) is 17.9. The highest BCUT2D eigenvalue weighted by molar-refractivity contribution is 7.70. The van der Waals surface area contributed by atoms with E-state index < -0.39 is 36.8 Å². The van der Waals surface area contributed by atoms with Gasteiger partial charge in [0.15, 0.2) is 0 Å². The highest BCUT2D eigenvalue weighted by Crippen LogP contribution is 2.37. The van der Waals surface area contributed by atoms with E-state index in [4.69, 9.17) is 26.1 Å². The number of methoxy groups -OCH3 is 1. The number of amides is 5. The van der Waals surface area contributed by atoms with Crippen molar-refractivity contribution < 1.29 is 38.0 Å². The second-order valence-electron chi connectivity index (χ2n) is 16.0. The molecule has 1 unspecified atom stereocenters. The van der Waals surface area contributed by atoms with E-state index >= 15 is 0 Å². The van der Waals surface area contributed by atoms with Crippen LogP contribution in [0.4, 0.5) is 5.69 Å². The Balaban J connectivity index is 0.840. The molecular weight excluding hydrogens is 819 g/mol. The van der Waals surface area contributed by atoms with E-state index in [2.05, 4.69) is 26.6 Å². The van der Waals surface area contributed by atoms with Crippen LogP contribution in [0.1, 0.15) is 87.4 Å². The molecule has 0 radical (unpaired) electrons. The van der Waals surface area contributed by atoms with E-state index in [1.54, 1.807) is 44.8 Å². The van der Waals surface area contributed by atoms with Crippen molar-refractivity contribution in [2.45, 2.75) is 69.9 Å². The predicted molar refractivity (Wildman–Crippen MR) is 231 cm³/mol. The number of piperidine rings is 2. The zero-order valence-electron chi connectivity index (χ0n) is 34.6. The van der Waals surface area contributed by atoms with Gasteiger partial charge in [0, 0.05) is 80.2 Å². The molecular formula is C45H50ClN6O8P. The number of fused-ring (bicyclic) bond motifs is 1. The summed E-state index contributed by atoms with van der Waals surface area (Å²) < 4.78 is 24.5. The van der Waals surface area contributed by atoms with Crippen molar-refractivity contribution in [3.8, 4) is 5.75 Å². The smallest absolute Gasteiger partial charge is 0.262 e. The van der Waals surface area contributed by atoms with Gasteiger partial charge < -0.3 is 24.3 Å². The fourth-order valence-electron chi connectivity index (χ4n) is 8.27. The van der Waals surface area contributed by atoms with Gasteiger partial charge in [-0.05, 0) is 68.7 Å². The summed E-state index contributed by atoms with van der Waals surface area (Å²) in [6.45, 7) is 5.67. The van der Waals surface area contributed by atoms with Crippen molar-refractivity contribution in [3.05, 3.63) is 111 Å². The molecule has 1 atom stereocenters. The lowest BCUT2D eigenvalue weighted by molar-refractivity contribution is -0.136. The zero-order valence-corrected chi connectivity index (χ0v) is 36.2.